The smallest absolute Gasteiger partial charge is 0.0704 e. The normalized spacial score (nSPS) is 20.5. The molecule has 0 aromatic rings. The van der Waals surface area contributed by atoms with Gasteiger partial charge in [-0.25, -0.2) is 0 Å². The van der Waals surface area contributed by atoms with Crippen molar-refractivity contribution in [3.8, 4) is 0 Å². The van der Waals surface area contributed by atoms with E-state index >= 15 is 0 Å². The zero-order valence-corrected chi connectivity index (χ0v) is 9.21. The van der Waals surface area contributed by atoms with Crippen molar-refractivity contribution in [1.82, 2.24) is 4.90 Å². The molecule has 2 heteroatoms. The Kier molecular flexibility index (Phi) is 3.99. The molecule has 1 unspecified atom stereocenters. The first kappa shape index (κ1) is 11.1. The van der Waals surface area contributed by atoms with E-state index in [0.717, 1.165) is 12.2 Å². The van der Waals surface area contributed by atoms with E-state index in [-0.39, 0.29) is 0 Å². The molecule has 1 aliphatic heterocycles. The Balaban J connectivity index is 2.85. The summed E-state index contributed by atoms with van der Waals surface area (Å²) in [5.74, 6) is 0. The molecule has 0 spiro atoms. The summed E-state index contributed by atoms with van der Waals surface area (Å²) in [6, 6.07) is 0.473. The van der Waals surface area contributed by atoms with Gasteiger partial charge in [-0.05, 0) is 32.8 Å². The van der Waals surface area contributed by atoms with Crippen LogP contribution in [-0.4, -0.2) is 24.0 Å². The molecule has 2 nitrogen and oxygen atoms in total. The number of hydrogen-bond acceptors (Lipinski definition) is 2. The molecule has 0 aromatic heterocycles. The molecule has 0 amide bonds. The number of likely N-dealkylation sites (tertiary alicyclic amines) is 1. The number of rotatable bonds is 3. The summed E-state index contributed by atoms with van der Waals surface area (Å²) in [6.07, 6.45) is 4.35. The fourth-order valence-electron chi connectivity index (χ4n) is 2.03. The highest BCUT2D eigenvalue weighted by atomic mass is 15.2. The van der Waals surface area contributed by atoms with Crippen molar-refractivity contribution < 1.29 is 0 Å². The molecule has 0 aliphatic carbocycles. The van der Waals surface area contributed by atoms with E-state index in [2.05, 4.69) is 24.1 Å². The third-order valence-corrected chi connectivity index (χ3v) is 2.67. The SMILES string of the molecule is C=C(C)C1CCCN1C(=C=CC)CN. The summed E-state index contributed by atoms with van der Waals surface area (Å²) in [6.45, 7) is 9.75. The highest BCUT2D eigenvalue weighted by Gasteiger charge is 2.25. The van der Waals surface area contributed by atoms with Crippen LogP contribution in [0.15, 0.2) is 29.7 Å². The zero-order valence-electron chi connectivity index (χ0n) is 9.21. The monoisotopic (exact) mass is 192 g/mol. The van der Waals surface area contributed by atoms with Crippen LogP contribution in [0.3, 0.4) is 0 Å². The van der Waals surface area contributed by atoms with Crippen LogP contribution in [0.2, 0.25) is 0 Å². The Hall–Kier alpha value is -0.980. The van der Waals surface area contributed by atoms with E-state index in [1.807, 2.05) is 13.0 Å². The minimum Gasteiger partial charge on any atom is -0.361 e. The molecule has 1 atom stereocenters. The van der Waals surface area contributed by atoms with Crippen LogP contribution in [0.4, 0.5) is 0 Å². The third-order valence-electron chi connectivity index (χ3n) is 2.67. The predicted molar refractivity (Wildman–Crippen MR) is 60.9 cm³/mol. The molecule has 1 aliphatic rings. The Labute approximate surface area is 86.8 Å². The van der Waals surface area contributed by atoms with Gasteiger partial charge >= 0.3 is 0 Å². The van der Waals surface area contributed by atoms with Gasteiger partial charge in [0.25, 0.3) is 0 Å². The van der Waals surface area contributed by atoms with Crippen LogP contribution < -0.4 is 5.73 Å². The minimum atomic E-state index is 0.473. The molecular weight excluding hydrogens is 172 g/mol. The molecule has 14 heavy (non-hydrogen) atoms. The van der Waals surface area contributed by atoms with Gasteiger partial charge in [-0.2, -0.15) is 0 Å². The summed E-state index contributed by atoms with van der Waals surface area (Å²) >= 11 is 0. The summed E-state index contributed by atoms with van der Waals surface area (Å²) in [7, 11) is 0. The molecule has 1 heterocycles. The Morgan fingerprint density at radius 1 is 1.71 bits per heavy atom. The Morgan fingerprint density at radius 3 is 2.93 bits per heavy atom. The third kappa shape index (κ3) is 2.28. The first-order chi connectivity index (χ1) is 6.70. The highest BCUT2D eigenvalue weighted by molar-refractivity contribution is 5.14. The van der Waals surface area contributed by atoms with Crippen LogP contribution in [0.25, 0.3) is 0 Å². The van der Waals surface area contributed by atoms with Crippen molar-refractivity contribution in [3.63, 3.8) is 0 Å². The molecule has 78 valence electrons. The fraction of sp³-hybridized carbons (Fsp3) is 0.583. The maximum Gasteiger partial charge on any atom is 0.0704 e. The molecule has 0 aromatic carbocycles. The van der Waals surface area contributed by atoms with Crippen molar-refractivity contribution in [1.29, 1.82) is 0 Å². The summed E-state index contributed by atoms with van der Waals surface area (Å²) in [4.78, 5) is 2.34. The molecule has 0 radical (unpaired) electrons. The van der Waals surface area contributed by atoms with Crippen molar-refractivity contribution in [2.75, 3.05) is 13.1 Å². The number of nitrogens with zero attached hydrogens (tertiary/aromatic N) is 1. The molecule has 2 N–H and O–H groups in total. The average Bonchev–Trinajstić information content (AvgIpc) is 2.62. The number of nitrogens with two attached hydrogens (primary N) is 1. The van der Waals surface area contributed by atoms with E-state index in [1.165, 1.54) is 18.4 Å². The van der Waals surface area contributed by atoms with Crippen LogP contribution in [0.5, 0.6) is 0 Å². The second-order valence-electron chi connectivity index (χ2n) is 3.78. The second-order valence-corrected chi connectivity index (χ2v) is 3.78. The van der Waals surface area contributed by atoms with Gasteiger partial charge in [0.15, 0.2) is 0 Å². The lowest BCUT2D eigenvalue weighted by molar-refractivity contribution is 0.351. The van der Waals surface area contributed by atoms with Crippen LogP contribution in [0, 0.1) is 0 Å². The van der Waals surface area contributed by atoms with Crippen LogP contribution >= 0.6 is 0 Å². The predicted octanol–water partition coefficient (Wildman–Crippen LogP) is 2.04. The number of hydrogen-bond donors (Lipinski definition) is 1. The maximum absolute atomic E-state index is 5.71. The average molecular weight is 192 g/mol. The lowest BCUT2D eigenvalue weighted by Gasteiger charge is -2.27. The van der Waals surface area contributed by atoms with Crippen molar-refractivity contribution in [2.45, 2.75) is 32.7 Å². The highest BCUT2D eigenvalue weighted by Crippen LogP contribution is 2.25. The van der Waals surface area contributed by atoms with E-state index in [1.54, 1.807) is 0 Å². The van der Waals surface area contributed by atoms with E-state index in [9.17, 15) is 0 Å². The van der Waals surface area contributed by atoms with Crippen molar-refractivity contribution in [2.24, 2.45) is 5.73 Å². The summed E-state index contributed by atoms with van der Waals surface area (Å²) in [5.41, 5.74) is 11.3. The molecular formula is C12H20N2. The first-order valence-corrected chi connectivity index (χ1v) is 5.23. The van der Waals surface area contributed by atoms with Crippen molar-refractivity contribution >= 4 is 0 Å². The largest absolute Gasteiger partial charge is 0.361 e. The lowest BCUT2D eigenvalue weighted by atomic mass is 10.1. The summed E-state index contributed by atoms with van der Waals surface area (Å²) in [5, 5.41) is 0. The van der Waals surface area contributed by atoms with Gasteiger partial charge < -0.3 is 10.6 Å². The van der Waals surface area contributed by atoms with Crippen molar-refractivity contribution in [3.05, 3.63) is 29.7 Å². The Bertz CT molecular complexity index is 272. The van der Waals surface area contributed by atoms with Gasteiger partial charge in [0.2, 0.25) is 0 Å². The van der Waals surface area contributed by atoms with Crippen LogP contribution in [0.1, 0.15) is 26.7 Å². The van der Waals surface area contributed by atoms with Gasteiger partial charge in [0, 0.05) is 13.1 Å². The van der Waals surface area contributed by atoms with Gasteiger partial charge in [0.05, 0.1) is 11.7 Å². The minimum absolute atomic E-state index is 0.473. The van der Waals surface area contributed by atoms with Gasteiger partial charge in [0.1, 0.15) is 0 Å². The zero-order chi connectivity index (χ0) is 10.6. The quantitative estimate of drug-likeness (QED) is 0.547. The molecule has 1 rings (SSSR count). The molecule has 1 fully saturated rings. The first-order valence-electron chi connectivity index (χ1n) is 5.23. The summed E-state index contributed by atoms with van der Waals surface area (Å²) < 4.78 is 0. The standard InChI is InChI=1S/C12H20N2/c1-4-6-11(9-13)14-8-5-7-12(14)10(2)3/h4,12H,2,5,7-9,13H2,1,3H3. The Morgan fingerprint density at radius 2 is 2.43 bits per heavy atom. The topological polar surface area (TPSA) is 29.3 Å². The van der Waals surface area contributed by atoms with Crippen LogP contribution in [-0.2, 0) is 0 Å². The van der Waals surface area contributed by atoms with E-state index in [4.69, 9.17) is 5.73 Å². The maximum atomic E-state index is 5.71. The lowest BCUT2D eigenvalue weighted by Crippen LogP contribution is -2.32. The second kappa shape index (κ2) is 5.04. The van der Waals surface area contributed by atoms with E-state index < -0.39 is 0 Å². The van der Waals surface area contributed by atoms with Gasteiger partial charge in [-0.3, -0.25) is 0 Å². The van der Waals surface area contributed by atoms with E-state index in [0.29, 0.717) is 12.6 Å². The molecule has 1 saturated heterocycles. The molecule has 0 saturated carbocycles. The molecule has 0 bridgehead atoms. The van der Waals surface area contributed by atoms with Gasteiger partial charge in [-0.1, -0.05) is 12.2 Å². The fourth-order valence-corrected chi connectivity index (χ4v) is 2.03. The van der Waals surface area contributed by atoms with Gasteiger partial charge in [-0.15, -0.1) is 5.73 Å².